The fourth-order valence-electron chi connectivity index (χ4n) is 9.94. The molecule has 5 rings (SSSR count). The summed E-state index contributed by atoms with van der Waals surface area (Å²) in [5.41, 5.74) is 6.38. The predicted octanol–water partition coefficient (Wildman–Crippen LogP) is 9.12. The van der Waals surface area contributed by atoms with Gasteiger partial charge in [-0.05, 0) is 108 Å². The van der Waals surface area contributed by atoms with E-state index in [2.05, 4.69) is 67.5 Å². The summed E-state index contributed by atoms with van der Waals surface area (Å²) in [6, 6.07) is 0. The minimum Gasteiger partial charge on any atom is -0.0800 e. The molecule has 0 aromatic carbocycles. The van der Waals surface area contributed by atoms with Crippen molar-refractivity contribution in [3.63, 3.8) is 0 Å². The topological polar surface area (TPSA) is 0 Å². The van der Waals surface area contributed by atoms with E-state index in [9.17, 15) is 0 Å². The lowest BCUT2D eigenvalue weighted by atomic mass is 9.35. The Morgan fingerprint density at radius 3 is 2.20 bits per heavy atom. The van der Waals surface area contributed by atoms with Crippen LogP contribution in [0.4, 0.5) is 0 Å². The molecular weight excluding hydrogens is 360 g/mol. The monoisotopic (exact) mass is 408 g/mol. The lowest BCUT2D eigenvalue weighted by molar-refractivity contribution is -0.150. The van der Waals surface area contributed by atoms with Crippen LogP contribution in [0.2, 0.25) is 0 Å². The van der Waals surface area contributed by atoms with Crippen LogP contribution in [0.5, 0.6) is 0 Å². The van der Waals surface area contributed by atoms with E-state index in [0.717, 1.165) is 11.8 Å². The van der Waals surface area contributed by atoms with Gasteiger partial charge in [0.15, 0.2) is 0 Å². The molecule has 0 nitrogen and oxygen atoms in total. The highest BCUT2D eigenvalue weighted by molar-refractivity contribution is 5.45. The Morgan fingerprint density at radius 1 is 0.767 bits per heavy atom. The van der Waals surface area contributed by atoms with E-state index in [1.165, 1.54) is 64.2 Å². The zero-order valence-electron chi connectivity index (χ0n) is 21.4. The molecule has 0 amide bonds. The van der Waals surface area contributed by atoms with Crippen LogP contribution in [-0.4, -0.2) is 0 Å². The Labute approximate surface area is 187 Å². The fourth-order valence-corrected chi connectivity index (χ4v) is 9.94. The number of allylic oxidation sites excluding steroid dienone is 4. The minimum atomic E-state index is 0.365. The summed E-state index contributed by atoms with van der Waals surface area (Å²) >= 11 is 0. The van der Waals surface area contributed by atoms with Crippen molar-refractivity contribution >= 4 is 0 Å². The van der Waals surface area contributed by atoms with Gasteiger partial charge >= 0.3 is 0 Å². The van der Waals surface area contributed by atoms with Crippen molar-refractivity contribution in [1.29, 1.82) is 0 Å². The Balaban J connectivity index is 1.66. The van der Waals surface area contributed by atoms with Gasteiger partial charge in [0, 0.05) is 0 Å². The third-order valence-corrected chi connectivity index (χ3v) is 12.2. The maximum atomic E-state index is 2.75. The first-order valence-corrected chi connectivity index (χ1v) is 13.2. The molecule has 6 atom stereocenters. The van der Waals surface area contributed by atoms with Gasteiger partial charge in [0.1, 0.15) is 0 Å². The van der Waals surface area contributed by atoms with Crippen molar-refractivity contribution in [2.75, 3.05) is 0 Å². The molecule has 0 saturated heterocycles. The summed E-state index contributed by atoms with van der Waals surface area (Å²) in [5, 5.41) is 0. The van der Waals surface area contributed by atoms with Crippen molar-refractivity contribution in [3.8, 4) is 0 Å². The van der Waals surface area contributed by atoms with E-state index >= 15 is 0 Å². The molecule has 0 spiro atoms. The van der Waals surface area contributed by atoms with Gasteiger partial charge in [-0.2, -0.15) is 0 Å². The molecule has 168 valence electrons. The second kappa shape index (κ2) is 6.08. The van der Waals surface area contributed by atoms with Crippen LogP contribution in [-0.2, 0) is 0 Å². The van der Waals surface area contributed by atoms with Crippen LogP contribution >= 0.6 is 0 Å². The minimum absolute atomic E-state index is 0.365. The van der Waals surface area contributed by atoms with Gasteiger partial charge in [-0.15, -0.1) is 0 Å². The van der Waals surface area contributed by atoms with E-state index in [1.807, 2.05) is 5.57 Å². The van der Waals surface area contributed by atoms with Gasteiger partial charge in [0.2, 0.25) is 0 Å². The Kier molecular flexibility index (Phi) is 4.32. The molecule has 0 bridgehead atoms. The van der Waals surface area contributed by atoms with Gasteiger partial charge in [-0.1, -0.05) is 79.5 Å². The molecule has 0 heterocycles. The van der Waals surface area contributed by atoms with E-state index in [-0.39, 0.29) is 0 Å². The maximum absolute atomic E-state index is 2.75. The molecule has 6 unspecified atom stereocenters. The summed E-state index contributed by atoms with van der Waals surface area (Å²) in [5.74, 6) is 1.64. The van der Waals surface area contributed by atoms with Gasteiger partial charge in [-0.25, -0.2) is 0 Å². The Morgan fingerprint density at radius 2 is 1.47 bits per heavy atom. The highest BCUT2D eigenvalue weighted by atomic mass is 14.7. The average Bonchev–Trinajstić information content (AvgIpc) is 2.63. The second-order valence-electron chi connectivity index (χ2n) is 14.8. The van der Waals surface area contributed by atoms with Crippen LogP contribution in [0, 0.1) is 44.3 Å². The summed E-state index contributed by atoms with van der Waals surface area (Å²) in [6.07, 6.45) is 19.6. The molecule has 5 aliphatic carbocycles. The highest BCUT2D eigenvalue weighted by Gasteiger charge is 2.65. The lowest BCUT2D eigenvalue weighted by Crippen LogP contribution is -2.61. The lowest BCUT2D eigenvalue weighted by Gasteiger charge is -2.69. The van der Waals surface area contributed by atoms with Crippen molar-refractivity contribution in [2.24, 2.45) is 44.3 Å². The van der Waals surface area contributed by atoms with Crippen molar-refractivity contribution in [3.05, 3.63) is 23.3 Å². The third kappa shape index (κ3) is 2.58. The highest BCUT2D eigenvalue weighted by Crippen LogP contribution is 2.74. The molecule has 0 N–H and O–H groups in total. The van der Waals surface area contributed by atoms with E-state index < -0.39 is 0 Å². The van der Waals surface area contributed by atoms with Gasteiger partial charge in [0.05, 0.1) is 0 Å². The van der Waals surface area contributed by atoms with E-state index in [4.69, 9.17) is 0 Å². The molecule has 3 saturated carbocycles. The molecule has 5 aliphatic rings. The van der Waals surface area contributed by atoms with E-state index in [1.54, 1.807) is 5.57 Å². The quantitative estimate of drug-likeness (QED) is 0.375. The molecule has 0 aromatic heterocycles. The van der Waals surface area contributed by atoms with E-state index in [0.29, 0.717) is 32.5 Å². The van der Waals surface area contributed by atoms with Crippen molar-refractivity contribution in [2.45, 2.75) is 120 Å². The molecule has 30 heavy (non-hydrogen) atoms. The maximum Gasteiger partial charge on any atom is -0.00157 e. The van der Waals surface area contributed by atoms with Crippen LogP contribution in [0.3, 0.4) is 0 Å². The Hall–Kier alpha value is -0.520. The smallest absolute Gasteiger partial charge is 0.00157 e. The molecule has 0 aliphatic heterocycles. The van der Waals surface area contributed by atoms with Crippen LogP contribution in [0.1, 0.15) is 120 Å². The average molecular weight is 409 g/mol. The zero-order valence-corrected chi connectivity index (χ0v) is 21.4. The summed E-state index contributed by atoms with van der Waals surface area (Å²) in [7, 11) is 0. The summed E-state index contributed by atoms with van der Waals surface area (Å²) in [4.78, 5) is 0. The second-order valence-corrected chi connectivity index (χ2v) is 14.8. The molecular formula is C30H48. The van der Waals surface area contributed by atoms with Gasteiger partial charge in [0.25, 0.3) is 0 Å². The van der Waals surface area contributed by atoms with Crippen LogP contribution < -0.4 is 0 Å². The predicted molar refractivity (Wildman–Crippen MR) is 129 cm³/mol. The molecule has 3 fully saturated rings. The fraction of sp³-hybridized carbons (Fsp3) is 0.867. The first-order chi connectivity index (χ1) is 13.8. The standard InChI is InChI=1S/C30H48/c1-25(2)16-17-27(5)18-19-29(7)21(22(27)20-25)10-11-24-28(6)14-9-13-26(3,4)23(28)12-15-30(24,29)8/h10-11,23-24H,9,12-20H2,1-8H3. The SMILES string of the molecule is CC1(C)CCC2(C)CCC3(C)C(=C2C1)C=CC1C2(C)CCCC(C)(C)C2CCC13C. The zero-order chi connectivity index (χ0) is 21.8. The first kappa shape index (κ1) is 21.3. The van der Waals surface area contributed by atoms with Crippen LogP contribution in [0.25, 0.3) is 0 Å². The molecule has 0 aromatic rings. The Bertz CT molecular complexity index is 808. The first-order valence-electron chi connectivity index (χ1n) is 13.2. The third-order valence-electron chi connectivity index (χ3n) is 12.2. The number of rotatable bonds is 0. The normalized spacial score (nSPS) is 51.5. The van der Waals surface area contributed by atoms with Gasteiger partial charge in [-0.3, -0.25) is 0 Å². The van der Waals surface area contributed by atoms with Gasteiger partial charge < -0.3 is 0 Å². The largest absolute Gasteiger partial charge is 0.0800 e. The van der Waals surface area contributed by atoms with Crippen molar-refractivity contribution < 1.29 is 0 Å². The summed E-state index contributed by atoms with van der Waals surface area (Å²) < 4.78 is 0. The van der Waals surface area contributed by atoms with Crippen molar-refractivity contribution in [1.82, 2.24) is 0 Å². The number of fused-ring (bicyclic) bond motifs is 6. The molecule has 0 heteroatoms. The number of hydrogen-bond acceptors (Lipinski definition) is 0. The summed E-state index contributed by atoms with van der Waals surface area (Å²) in [6.45, 7) is 20.9. The van der Waals surface area contributed by atoms with Crippen LogP contribution in [0.15, 0.2) is 23.3 Å². The molecule has 0 radical (unpaired) electrons. The number of hydrogen-bond donors (Lipinski definition) is 0.